The summed E-state index contributed by atoms with van der Waals surface area (Å²) in [4.78, 5) is 20.4. The molecule has 2 rings (SSSR count). The molecule has 0 fully saturated rings. The van der Waals surface area contributed by atoms with E-state index in [1.807, 2.05) is 6.20 Å². The fourth-order valence-corrected chi connectivity index (χ4v) is 3.01. The van der Waals surface area contributed by atoms with Crippen LogP contribution in [0.1, 0.15) is 22.4 Å². The van der Waals surface area contributed by atoms with E-state index in [1.165, 1.54) is 10.9 Å². The van der Waals surface area contributed by atoms with Gasteiger partial charge in [0.25, 0.3) is 5.69 Å². The van der Waals surface area contributed by atoms with E-state index < -0.39 is 0 Å². The van der Waals surface area contributed by atoms with Crippen LogP contribution in [0.2, 0.25) is 0 Å². The van der Waals surface area contributed by atoms with Crippen molar-refractivity contribution in [1.29, 1.82) is 0 Å². The molecule has 0 spiro atoms. The number of nitro groups is 1. The first-order valence-electron chi connectivity index (χ1n) is 7.74. The predicted molar refractivity (Wildman–Crippen MR) is 112 cm³/mol. The Kier molecular flexibility index (Phi) is 9.35. The Morgan fingerprint density at radius 2 is 2.12 bits per heavy atom. The number of para-hydroxylation sites is 1. The van der Waals surface area contributed by atoms with Crippen molar-refractivity contribution in [3.05, 3.63) is 56.0 Å². The van der Waals surface area contributed by atoms with Crippen LogP contribution in [0, 0.1) is 10.1 Å². The highest BCUT2D eigenvalue weighted by molar-refractivity contribution is 14.0. The molecule has 0 bridgehead atoms. The summed E-state index contributed by atoms with van der Waals surface area (Å²) in [6.07, 6.45) is 3.74. The maximum atomic E-state index is 11.0. The Morgan fingerprint density at radius 1 is 1.36 bits per heavy atom. The molecule has 0 saturated heterocycles. The van der Waals surface area contributed by atoms with Gasteiger partial charge in [-0.25, -0.2) is 4.98 Å². The van der Waals surface area contributed by atoms with E-state index in [0.717, 1.165) is 17.8 Å². The lowest BCUT2D eigenvalue weighted by molar-refractivity contribution is -0.385. The second-order valence-electron chi connectivity index (χ2n) is 5.06. The number of hydrogen-bond donors (Lipinski definition) is 2. The summed E-state index contributed by atoms with van der Waals surface area (Å²) >= 11 is 1.72. The number of guanidine groups is 1. The fraction of sp³-hybridized carbons (Fsp3) is 0.375. The number of benzene rings is 1. The van der Waals surface area contributed by atoms with E-state index in [2.05, 4.69) is 27.5 Å². The van der Waals surface area contributed by atoms with E-state index in [1.54, 1.807) is 36.6 Å². The predicted octanol–water partition coefficient (Wildman–Crippen LogP) is 3.14. The van der Waals surface area contributed by atoms with Gasteiger partial charge in [0.1, 0.15) is 0 Å². The number of nitrogens with zero attached hydrogens (tertiary/aromatic N) is 3. The molecule has 7 nitrogen and oxygen atoms in total. The summed E-state index contributed by atoms with van der Waals surface area (Å²) in [6, 6.07) is 6.68. The lowest BCUT2D eigenvalue weighted by atomic mass is 10.2. The molecule has 0 aliphatic carbocycles. The van der Waals surface area contributed by atoms with E-state index in [-0.39, 0.29) is 34.6 Å². The van der Waals surface area contributed by atoms with Crippen LogP contribution in [-0.2, 0) is 19.4 Å². The third-order valence-electron chi connectivity index (χ3n) is 3.44. The average molecular weight is 475 g/mol. The number of hydrogen-bond acceptors (Lipinski definition) is 5. The van der Waals surface area contributed by atoms with Gasteiger partial charge in [-0.3, -0.25) is 15.1 Å². The van der Waals surface area contributed by atoms with Crippen molar-refractivity contribution in [2.24, 2.45) is 4.99 Å². The molecule has 0 atom stereocenters. The summed E-state index contributed by atoms with van der Waals surface area (Å²) in [5, 5.41) is 18.4. The first-order chi connectivity index (χ1) is 11.6. The monoisotopic (exact) mass is 475 g/mol. The van der Waals surface area contributed by atoms with Gasteiger partial charge in [-0.1, -0.05) is 25.1 Å². The number of halogens is 1. The summed E-state index contributed by atoms with van der Waals surface area (Å²) in [6.45, 7) is 3.16. The zero-order chi connectivity index (χ0) is 17.4. The standard InChI is InChI=1S/C16H21N5O2S.HI/c1-3-13-11-19-15(24-13)8-9-18-16(17-2)20-10-12-6-4-5-7-14(12)21(22)23;/h4-7,11H,3,8-10H2,1-2H3,(H2,17,18,20);1H. The van der Waals surface area contributed by atoms with Crippen molar-refractivity contribution < 1.29 is 4.92 Å². The van der Waals surface area contributed by atoms with Gasteiger partial charge in [0.05, 0.1) is 9.93 Å². The van der Waals surface area contributed by atoms with Gasteiger partial charge in [-0.2, -0.15) is 0 Å². The van der Waals surface area contributed by atoms with Gasteiger partial charge < -0.3 is 10.6 Å². The van der Waals surface area contributed by atoms with Crippen molar-refractivity contribution in [3.63, 3.8) is 0 Å². The van der Waals surface area contributed by atoms with E-state index >= 15 is 0 Å². The van der Waals surface area contributed by atoms with Crippen LogP contribution >= 0.6 is 35.3 Å². The SMILES string of the molecule is CCc1cnc(CCNC(=NC)NCc2ccccc2[N+](=O)[O-])s1.I. The van der Waals surface area contributed by atoms with E-state index in [0.29, 0.717) is 24.6 Å². The largest absolute Gasteiger partial charge is 0.356 e. The highest BCUT2D eigenvalue weighted by atomic mass is 127. The number of nitro benzene ring substituents is 1. The molecule has 1 heterocycles. The van der Waals surface area contributed by atoms with Crippen molar-refractivity contribution in [1.82, 2.24) is 15.6 Å². The van der Waals surface area contributed by atoms with E-state index in [9.17, 15) is 10.1 Å². The molecule has 1 aromatic carbocycles. The first kappa shape index (κ1) is 21.3. The second kappa shape index (κ2) is 11.0. The van der Waals surface area contributed by atoms with Gasteiger partial charge in [-0.15, -0.1) is 35.3 Å². The molecule has 0 amide bonds. The maximum absolute atomic E-state index is 11.0. The number of rotatable bonds is 7. The zero-order valence-electron chi connectivity index (χ0n) is 14.2. The van der Waals surface area contributed by atoms with Gasteiger partial charge >= 0.3 is 0 Å². The van der Waals surface area contributed by atoms with Crippen molar-refractivity contribution in [3.8, 4) is 0 Å². The van der Waals surface area contributed by atoms with Gasteiger partial charge in [0.2, 0.25) is 0 Å². The highest BCUT2D eigenvalue weighted by Crippen LogP contribution is 2.17. The number of aryl methyl sites for hydroxylation is 1. The smallest absolute Gasteiger partial charge is 0.274 e. The first-order valence-corrected chi connectivity index (χ1v) is 8.56. The molecule has 0 saturated carbocycles. The summed E-state index contributed by atoms with van der Waals surface area (Å²) < 4.78 is 0. The molecule has 1 aromatic heterocycles. The van der Waals surface area contributed by atoms with Crippen molar-refractivity contribution in [2.75, 3.05) is 13.6 Å². The minimum absolute atomic E-state index is 0. The molecule has 0 radical (unpaired) electrons. The molecule has 2 N–H and O–H groups in total. The minimum atomic E-state index is -0.374. The highest BCUT2D eigenvalue weighted by Gasteiger charge is 2.12. The van der Waals surface area contributed by atoms with Crippen molar-refractivity contribution >= 4 is 47.0 Å². The van der Waals surface area contributed by atoms with Gasteiger partial charge in [0.15, 0.2) is 5.96 Å². The van der Waals surface area contributed by atoms with Gasteiger partial charge in [-0.05, 0) is 6.42 Å². The lowest BCUT2D eigenvalue weighted by Gasteiger charge is -2.11. The Morgan fingerprint density at radius 3 is 2.76 bits per heavy atom. The lowest BCUT2D eigenvalue weighted by Crippen LogP contribution is -2.37. The van der Waals surface area contributed by atoms with Crippen LogP contribution in [0.15, 0.2) is 35.5 Å². The average Bonchev–Trinajstić information content (AvgIpc) is 3.06. The topological polar surface area (TPSA) is 92.5 Å². The molecule has 0 aliphatic heterocycles. The third kappa shape index (κ3) is 6.58. The van der Waals surface area contributed by atoms with Crippen molar-refractivity contribution in [2.45, 2.75) is 26.3 Å². The molecule has 0 aliphatic rings. The minimum Gasteiger partial charge on any atom is -0.356 e. The maximum Gasteiger partial charge on any atom is 0.274 e. The fourth-order valence-electron chi connectivity index (χ4n) is 2.15. The zero-order valence-corrected chi connectivity index (χ0v) is 17.3. The summed E-state index contributed by atoms with van der Waals surface area (Å²) in [5.41, 5.74) is 0.730. The molecular formula is C16H22IN5O2S. The van der Waals surface area contributed by atoms with Crippen LogP contribution < -0.4 is 10.6 Å². The van der Waals surface area contributed by atoms with Crippen LogP contribution in [0.25, 0.3) is 0 Å². The number of aliphatic imine (C=N–C) groups is 1. The quantitative estimate of drug-likeness (QED) is 0.211. The molecule has 0 unspecified atom stereocenters. The number of nitrogens with one attached hydrogen (secondary N) is 2. The third-order valence-corrected chi connectivity index (χ3v) is 4.64. The Bertz CT molecular complexity index is 720. The molecular weight excluding hydrogens is 453 g/mol. The summed E-state index contributed by atoms with van der Waals surface area (Å²) in [7, 11) is 1.67. The van der Waals surface area contributed by atoms with Gasteiger partial charge in [0, 0.05) is 49.3 Å². The van der Waals surface area contributed by atoms with Crippen LogP contribution in [0.3, 0.4) is 0 Å². The molecule has 9 heteroatoms. The number of thiazole rings is 1. The molecule has 136 valence electrons. The van der Waals surface area contributed by atoms with Crippen LogP contribution in [0.4, 0.5) is 5.69 Å². The molecule has 2 aromatic rings. The Hall–Kier alpha value is -1.75. The Labute approximate surface area is 168 Å². The Balaban J connectivity index is 0.00000312. The normalized spacial score (nSPS) is 10.9. The number of aromatic nitrogens is 1. The second-order valence-corrected chi connectivity index (χ2v) is 6.26. The van der Waals surface area contributed by atoms with Crippen LogP contribution in [0.5, 0.6) is 0 Å². The molecule has 25 heavy (non-hydrogen) atoms. The van der Waals surface area contributed by atoms with Crippen LogP contribution in [-0.4, -0.2) is 29.5 Å². The summed E-state index contributed by atoms with van der Waals surface area (Å²) in [5.74, 6) is 0.612. The van der Waals surface area contributed by atoms with E-state index in [4.69, 9.17) is 0 Å².